The van der Waals surface area contributed by atoms with Gasteiger partial charge in [-0.25, -0.2) is 0 Å². The third-order valence-electron chi connectivity index (χ3n) is 9.75. The van der Waals surface area contributed by atoms with E-state index in [4.69, 9.17) is 5.73 Å². The van der Waals surface area contributed by atoms with Crippen LogP contribution in [0.5, 0.6) is 5.75 Å². The Bertz CT molecular complexity index is 1530. The van der Waals surface area contributed by atoms with Crippen molar-refractivity contribution in [2.24, 2.45) is 17.6 Å². The van der Waals surface area contributed by atoms with E-state index in [2.05, 4.69) is 5.32 Å². The smallest absolute Gasteiger partial charge is 0.255 e. The number of aliphatic hydroxyl groups excluding tert-OH is 2. The SMILES string of the molecule is CN(C)c1cc(NC(=O)CN(O)C2CCCCC2)c(O)c2c1C[C@H]1C[C@H]3[C@H](N(C)C)C(=O)C(C(N)=O)=C(O)[C@@]3(O)C(=O)C1=C2O. The summed E-state index contributed by atoms with van der Waals surface area (Å²) in [5, 5.41) is 60.0. The number of primary amides is 1. The van der Waals surface area contributed by atoms with Crippen molar-refractivity contribution in [1.82, 2.24) is 9.96 Å². The molecule has 45 heavy (non-hydrogen) atoms. The number of Topliss-reactive ketones (excluding diaryl/α,β-unsaturated/α-hetero) is 2. The fourth-order valence-electron chi connectivity index (χ4n) is 7.63. The molecule has 0 spiro atoms. The van der Waals surface area contributed by atoms with Crippen molar-refractivity contribution in [3.8, 4) is 5.75 Å². The summed E-state index contributed by atoms with van der Waals surface area (Å²) in [5.74, 6) is -8.12. The lowest BCUT2D eigenvalue weighted by Gasteiger charge is -2.50. The standard InChI is InChI=1S/C31H41N5O9/c1-34(2)19-12-18(33-20(37)13-36(45)15-8-6-5-7-9-15)25(38)22-16(19)10-14-11-17-24(35(3)4)27(40)23(30(32)43)29(42)31(17,44)28(41)21(14)26(22)39/h12,14-15,17,24,38-39,42,44-45H,5-11,13H2,1-4H3,(H2,32,43)(H,33,37)/t14-,17-,24-,31-/m0/s1. The lowest BCUT2D eigenvalue weighted by atomic mass is 9.57. The van der Waals surface area contributed by atoms with Crippen LogP contribution in [-0.4, -0.2) is 111 Å². The second-order valence-electron chi connectivity index (χ2n) is 12.9. The molecule has 0 unspecified atom stereocenters. The van der Waals surface area contributed by atoms with Crippen LogP contribution in [0.4, 0.5) is 11.4 Å². The third-order valence-corrected chi connectivity index (χ3v) is 9.75. The molecule has 1 aromatic carbocycles. The van der Waals surface area contributed by atoms with E-state index in [9.17, 15) is 44.8 Å². The summed E-state index contributed by atoms with van der Waals surface area (Å²) in [4.78, 5) is 55.7. The molecule has 4 aliphatic carbocycles. The van der Waals surface area contributed by atoms with Crippen LogP contribution >= 0.6 is 0 Å². The topological polar surface area (TPSA) is 217 Å². The Kier molecular flexibility index (Phi) is 8.46. The molecule has 4 atom stereocenters. The molecule has 0 heterocycles. The summed E-state index contributed by atoms with van der Waals surface area (Å²) in [6.45, 7) is -0.347. The largest absolute Gasteiger partial charge is 0.508 e. The van der Waals surface area contributed by atoms with Gasteiger partial charge >= 0.3 is 0 Å². The summed E-state index contributed by atoms with van der Waals surface area (Å²) in [6.07, 6.45) is 4.57. The summed E-state index contributed by atoms with van der Waals surface area (Å²) in [7, 11) is 6.54. The zero-order valence-electron chi connectivity index (χ0n) is 25.8. The molecule has 14 heteroatoms. The van der Waals surface area contributed by atoms with E-state index in [0.29, 0.717) is 11.3 Å². The number of carbonyl (C=O) groups is 4. The number of amides is 2. The quantitative estimate of drug-likeness (QED) is 0.128. The highest BCUT2D eigenvalue weighted by atomic mass is 16.5. The molecular weight excluding hydrogens is 586 g/mol. The van der Waals surface area contributed by atoms with Gasteiger partial charge in [-0.2, -0.15) is 5.06 Å². The average Bonchev–Trinajstić information content (AvgIpc) is 2.96. The number of nitrogens with two attached hydrogens (primary N) is 1. The number of nitrogens with zero attached hydrogens (tertiary/aromatic N) is 3. The molecule has 8 N–H and O–H groups in total. The van der Waals surface area contributed by atoms with Crippen molar-refractivity contribution >= 4 is 40.5 Å². The molecule has 2 saturated carbocycles. The van der Waals surface area contributed by atoms with Gasteiger partial charge in [0.25, 0.3) is 5.91 Å². The first-order valence-electron chi connectivity index (χ1n) is 15.1. The predicted molar refractivity (Wildman–Crippen MR) is 163 cm³/mol. The van der Waals surface area contributed by atoms with Gasteiger partial charge in [0.1, 0.15) is 29.4 Å². The first kappa shape index (κ1) is 32.4. The number of nitrogens with one attached hydrogen (secondary N) is 1. The van der Waals surface area contributed by atoms with Crippen LogP contribution in [0.1, 0.15) is 49.7 Å². The van der Waals surface area contributed by atoms with E-state index in [0.717, 1.165) is 37.2 Å². The van der Waals surface area contributed by atoms with E-state index in [-0.39, 0.29) is 42.3 Å². The number of carbonyl (C=O) groups excluding carboxylic acids is 4. The van der Waals surface area contributed by atoms with Crippen molar-refractivity contribution in [3.05, 3.63) is 34.1 Å². The minimum atomic E-state index is -2.75. The molecule has 0 radical (unpaired) electrons. The summed E-state index contributed by atoms with van der Waals surface area (Å²) in [5.41, 5.74) is 2.24. The fourth-order valence-corrected chi connectivity index (χ4v) is 7.63. The van der Waals surface area contributed by atoms with Crippen LogP contribution in [0.25, 0.3) is 5.76 Å². The molecule has 0 aromatic heterocycles. The molecule has 244 valence electrons. The highest BCUT2D eigenvalue weighted by molar-refractivity contribution is 6.24. The molecule has 2 fully saturated rings. The molecule has 1 aromatic rings. The van der Waals surface area contributed by atoms with Gasteiger partial charge in [0.2, 0.25) is 11.7 Å². The highest BCUT2D eigenvalue weighted by Crippen LogP contribution is 2.54. The van der Waals surface area contributed by atoms with Gasteiger partial charge in [-0.1, -0.05) is 19.3 Å². The minimum absolute atomic E-state index is 0.0363. The Morgan fingerprint density at radius 2 is 1.71 bits per heavy atom. The van der Waals surface area contributed by atoms with Gasteiger partial charge in [-0.3, -0.25) is 24.1 Å². The normalized spacial score (nSPS) is 27.0. The number of hydrogen-bond acceptors (Lipinski definition) is 12. The number of rotatable bonds is 7. The molecule has 2 amide bonds. The highest BCUT2D eigenvalue weighted by Gasteiger charge is 2.64. The maximum atomic E-state index is 14.1. The van der Waals surface area contributed by atoms with Gasteiger partial charge in [0, 0.05) is 37.3 Å². The number of likely N-dealkylation sites (N-methyl/N-ethyl adjacent to an activating group) is 1. The van der Waals surface area contributed by atoms with Crippen molar-refractivity contribution in [3.63, 3.8) is 0 Å². The van der Waals surface area contributed by atoms with Crippen LogP contribution in [0.3, 0.4) is 0 Å². The van der Waals surface area contributed by atoms with Gasteiger partial charge in [-0.15, -0.1) is 0 Å². The van der Waals surface area contributed by atoms with Crippen LogP contribution in [0.15, 0.2) is 23.0 Å². The van der Waals surface area contributed by atoms with Crippen molar-refractivity contribution < 1.29 is 44.8 Å². The predicted octanol–water partition coefficient (Wildman–Crippen LogP) is 0.992. The summed E-state index contributed by atoms with van der Waals surface area (Å²) < 4.78 is 0. The van der Waals surface area contributed by atoms with E-state index in [1.165, 1.54) is 25.1 Å². The second kappa shape index (κ2) is 11.7. The number of benzene rings is 1. The van der Waals surface area contributed by atoms with Gasteiger partial charge in [0.05, 0.1) is 17.3 Å². The number of anilines is 2. The summed E-state index contributed by atoms with van der Waals surface area (Å²) in [6, 6.07) is 0.203. The first-order chi connectivity index (χ1) is 21.1. The van der Waals surface area contributed by atoms with E-state index in [1.54, 1.807) is 19.0 Å². The maximum absolute atomic E-state index is 14.1. The second-order valence-corrected chi connectivity index (χ2v) is 12.9. The molecule has 0 bridgehead atoms. The Hall–Kier alpha value is -3.98. The Morgan fingerprint density at radius 1 is 1.07 bits per heavy atom. The van der Waals surface area contributed by atoms with Crippen molar-refractivity contribution in [2.75, 3.05) is 45.0 Å². The van der Waals surface area contributed by atoms with Gasteiger partial charge in [0.15, 0.2) is 11.4 Å². The number of fused-ring (bicyclic) bond motifs is 3. The Balaban J connectivity index is 1.58. The molecule has 0 saturated heterocycles. The number of aliphatic hydroxyl groups is 3. The lowest BCUT2D eigenvalue weighted by molar-refractivity contribution is -0.154. The monoisotopic (exact) mass is 627 g/mol. The van der Waals surface area contributed by atoms with Gasteiger partial charge in [-0.05, 0) is 57.3 Å². The zero-order chi connectivity index (χ0) is 33.1. The molecule has 14 nitrogen and oxygen atoms in total. The number of ketones is 2. The Labute approximate surface area is 260 Å². The average molecular weight is 628 g/mol. The van der Waals surface area contributed by atoms with E-state index >= 15 is 0 Å². The van der Waals surface area contributed by atoms with E-state index in [1.807, 2.05) is 0 Å². The third kappa shape index (κ3) is 5.15. The number of phenolic OH excluding ortho intramolecular Hbond substituents is 1. The Morgan fingerprint density at radius 3 is 2.29 bits per heavy atom. The summed E-state index contributed by atoms with van der Waals surface area (Å²) >= 11 is 0. The molecule has 5 rings (SSSR count). The van der Waals surface area contributed by atoms with Crippen LogP contribution < -0.4 is 16.0 Å². The van der Waals surface area contributed by atoms with E-state index < -0.39 is 69.7 Å². The lowest BCUT2D eigenvalue weighted by Crippen LogP contribution is -2.65. The first-order valence-corrected chi connectivity index (χ1v) is 15.1. The zero-order valence-corrected chi connectivity index (χ0v) is 25.8. The van der Waals surface area contributed by atoms with Crippen LogP contribution in [0.2, 0.25) is 0 Å². The number of aromatic hydroxyl groups is 1. The van der Waals surface area contributed by atoms with Crippen molar-refractivity contribution in [2.45, 2.75) is 62.6 Å². The number of hydrogen-bond donors (Lipinski definition) is 7. The molecule has 4 aliphatic rings. The minimum Gasteiger partial charge on any atom is -0.508 e. The molecular formula is C31H41N5O9. The maximum Gasteiger partial charge on any atom is 0.255 e. The number of hydroxylamine groups is 2. The van der Waals surface area contributed by atoms with Crippen molar-refractivity contribution in [1.29, 1.82) is 0 Å². The van der Waals surface area contributed by atoms with Crippen LogP contribution in [-0.2, 0) is 25.6 Å². The number of phenols is 1. The van der Waals surface area contributed by atoms with Gasteiger partial charge < -0.3 is 41.6 Å². The fraction of sp³-hybridized carbons (Fsp3) is 0.548. The van der Waals surface area contributed by atoms with Crippen LogP contribution in [0, 0.1) is 11.8 Å². The molecule has 0 aliphatic heterocycles.